The summed E-state index contributed by atoms with van der Waals surface area (Å²) < 4.78 is 76.6. The van der Waals surface area contributed by atoms with Crippen LogP contribution >= 0.6 is 11.3 Å². The molecular formula is C51H59FN8O10S2. The zero-order valence-electron chi connectivity index (χ0n) is 40.3. The molecule has 21 heteroatoms. The van der Waals surface area contributed by atoms with Gasteiger partial charge in [-0.15, -0.1) is 11.3 Å². The molecule has 1 amide bonds. The number of benzene rings is 2. The average Bonchev–Trinajstić information content (AvgIpc) is 4.07. The summed E-state index contributed by atoms with van der Waals surface area (Å²) >= 11 is 1.85. The van der Waals surface area contributed by atoms with Crippen molar-refractivity contribution in [3.63, 3.8) is 0 Å². The number of thiophene rings is 1. The number of piperidine rings is 1. The number of nitro benzene ring substituents is 1. The SMILES string of the molecule is CC(C)c1ccsc1[C@@H]1COCCN1C1CC2(CCN(c3ccc(C(=O)NS(=O)(=O)c4cc5c(c([N+](=O)[O-])c4)N[C@H](C4(F)CCOCC4)CO5)c(N4c5cc6cc[nH]c6nc5O[C@H]5COCC[C@@H]54)c3)CC2)C1. The molecule has 0 radical (unpaired) electrons. The number of pyridine rings is 1. The van der Waals surface area contributed by atoms with E-state index in [0.29, 0.717) is 47.9 Å². The van der Waals surface area contributed by atoms with Crippen LogP contribution in [0.5, 0.6) is 11.6 Å². The number of H-pyrrole nitrogens is 1. The number of fused-ring (bicyclic) bond motifs is 4. The minimum atomic E-state index is -4.77. The van der Waals surface area contributed by atoms with Crippen molar-refractivity contribution in [2.45, 2.75) is 106 Å². The third-order valence-electron chi connectivity index (χ3n) is 16.4. The number of aromatic amines is 1. The molecule has 3 aromatic heterocycles. The predicted molar refractivity (Wildman–Crippen MR) is 268 cm³/mol. The number of alkyl halides is 1. The molecule has 0 unspecified atom stereocenters. The Morgan fingerprint density at radius 3 is 2.56 bits per heavy atom. The van der Waals surface area contributed by atoms with Crippen molar-refractivity contribution in [1.82, 2.24) is 19.6 Å². The number of nitrogens with zero attached hydrogens (tertiary/aromatic N) is 5. The Kier molecular flexibility index (Phi) is 12.1. The second-order valence-corrected chi connectivity index (χ2v) is 23.5. The lowest BCUT2D eigenvalue weighted by atomic mass is 9.59. The zero-order valence-corrected chi connectivity index (χ0v) is 41.9. The van der Waals surface area contributed by atoms with E-state index in [-0.39, 0.29) is 73.8 Å². The van der Waals surface area contributed by atoms with Gasteiger partial charge >= 0.3 is 0 Å². The van der Waals surface area contributed by atoms with Crippen LogP contribution in [0.2, 0.25) is 0 Å². The topological polar surface area (TPSA) is 203 Å². The second-order valence-electron chi connectivity index (χ2n) is 20.8. The number of carbonyl (C=O) groups is 1. The van der Waals surface area contributed by atoms with Gasteiger partial charge in [-0.25, -0.2) is 17.5 Å². The van der Waals surface area contributed by atoms with Gasteiger partial charge in [-0.2, -0.15) is 4.98 Å². The molecule has 382 valence electrons. The number of nitrogens with one attached hydrogen (secondary N) is 3. The highest BCUT2D eigenvalue weighted by atomic mass is 32.2. The molecule has 1 saturated carbocycles. The standard InChI is InChI=1S/C51H59FN8O10S2/c1-30(2)35-7-20-71-46(35)41-27-68-19-15-58(41)33-25-50(26-33)8-13-57(14-9-50)32-3-4-36(38(22-32)59-37-6-16-67-28-43(37)70-49-40(59)21-31-5-12-53-47(31)55-49)48(61)56-72(64,65)34-23-39(60(62)63)45-42(24-34)69-29-44(54-45)51(52)10-17-66-18-11-51/h3-5,7,12,20-24,30,33,37,41,43-44,54H,6,8-11,13-19,25-29H2,1-2H3,(H,53,55)(H,56,61)/t37-,41-,43-,44-/m0/s1. The monoisotopic (exact) mass is 1030 g/mol. The van der Waals surface area contributed by atoms with E-state index in [4.69, 9.17) is 28.7 Å². The lowest BCUT2D eigenvalue weighted by molar-refractivity contribution is -0.384. The van der Waals surface area contributed by atoms with Gasteiger partial charge in [0.25, 0.3) is 21.6 Å². The summed E-state index contributed by atoms with van der Waals surface area (Å²) in [6.07, 6.45) is 6.33. The number of ether oxygens (including phenoxy) is 5. The maximum Gasteiger partial charge on any atom is 0.297 e. The Bertz CT molecular complexity index is 3020. The van der Waals surface area contributed by atoms with Crippen LogP contribution < -0.4 is 29.3 Å². The van der Waals surface area contributed by atoms with Gasteiger partial charge in [-0.05, 0) is 90.8 Å². The lowest BCUT2D eigenvalue weighted by Crippen LogP contribution is -2.57. The number of anilines is 4. The van der Waals surface area contributed by atoms with Crippen LogP contribution in [-0.2, 0) is 24.2 Å². The molecule has 18 nitrogen and oxygen atoms in total. The van der Waals surface area contributed by atoms with Gasteiger partial charge in [0.1, 0.15) is 29.7 Å². The summed E-state index contributed by atoms with van der Waals surface area (Å²) in [5.41, 5.74) is 1.79. The highest BCUT2D eigenvalue weighted by molar-refractivity contribution is 7.90. The number of hydrogen-bond acceptors (Lipinski definition) is 16. The fourth-order valence-electron chi connectivity index (χ4n) is 12.3. The molecule has 5 fully saturated rings. The minimum Gasteiger partial charge on any atom is -0.489 e. The van der Waals surface area contributed by atoms with Crippen LogP contribution in [0.3, 0.4) is 0 Å². The smallest absolute Gasteiger partial charge is 0.297 e. The highest BCUT2D eigenvalue weighted by Gasteiger charge is 2.51. The fourth-order valence-corrected chi connectivity index (χ4v) is 14.5. The largest absolute Gasteiger partial charge is 0.489 e. The number of aromatic nitrogens is 2. The molecule has 2 aromatic carbocycles. The first-order chi connectivity index (χ1) is 34.8. The Morgan fingerprint density at radius 1 is 0.958 bits per heavy atom. The van der Waals surface area contributed by atoms with Gasteiger partial charge in [0.05, 0.1) is 59.0 Å². The summed E-state index contributed by atoms with van der Waals surface area (Å²) in [5, 5.41) is 18.5. The Morgan fingerprint density at radius 2 is 1.76 bits per heavy atom. The van der Waals surface area contributed by atoms with Crippen molar-refractivity contribution < 1.29 is 46.2 Å². The summed E-state index contributed by atoms with van der Waals surface area (Å²) in [6, 6.07) is 13.1. The lowest BCUT2D eigenvalue weighted by Gasteiger charge is -2.57. The molecule has 72 heavy (non-hydrogen) atoms. The molecule has 12 rings (SSSR count). The van der Waals surface area contributed by atoms with Crippen LogP contribution in [-0.4, -0.2) is 130 Å². The first-order valence-corrected chi connectivity index (χ1v) is 27.5. The number of amides is 1. The van der Waals surface area contributed by atoms with E-state index < -0.39 is 49.3 Å². The van der Waals surface area contributed by atoms with Crippen molar-refractivity contribution in [3.8, 4) is 11.6 Å². The number of rotatable bonds is 10. The molecule has 4 atom stereocenters. The van der Waals surface area contributed by atoms with Crippen molar-refractivity contribution in [1.29, 1.82) is 0 Å². The summed E-state index contributed by atoms with van der Waals surface area (Å²) in [7, 11) is -4.77. The van der Waals surface area contributed by atoms with Crippen LogP contribution in [0.15, 0.2) is 65.0 Å². The first-order valence-electron chi connectivity index (χ1n) is 25.1. The summed E-state index contributed by atoms with van der Waals surface area (Å²) in [5.74, 6) is -0.283. The molecule has 5 aromatic rings. The van der Waals surface area contributed by atoms with Crippen molar-refractivity contribution >= 4 is 66.7 Å². The van der Waals surface area contributed by atoms with Gasteiger partial charge in [-0.3, -0.25) is 19.8 Å². The van der Waals surface area contributed by atoms with Gasteiger partial charge in [-0.1, -0.05) is 13.8 Å². The van der Waals surface area contributed by atoms with E-state index in [0.717, 1.165) is 81.7 Å². The minimum absolute atomic E-state index is 0.0641. The zero-order chi connectivity index (χ0) is 49.5. The first kappa shape index (κ1) is 47.4. The predicted octanol–water partition coefficient (Wildman–Crippen LogP) is 7.98. The van der Waals surface area contributed by atoms with Gasteiger partial charge in [0.2, 0.25) is 5.88 Å². The van der Waals surface area contributed by atoms with Crippen LogP contribution in [0.4, 0.5) is 32.8 Å². The third kappa shape index (κ3) is 8.42. The maximum atomic E-state index is 16.0. The van der Waals surface area contributed by atoms with E-state index in [9.17, 15) is 23.3 Å². The average molecular weight is 1030 g/mol. The molecule has 1 spiro atoms. The molecule has 0 bridgehead atoms. The Hall–Kier alpha value is -5.58. The fraction of sp³-hybridized carbons (Fsp3) is 0.529. The van der Waals surface area contributed by atoms with E-state index in [1.807, 2.05) is 40.5 Å². The van der Waals surface area contributed by atoms with E-state index in [1.54, 1.807) is 12.3 Å². The van der Waals surface area contributed by atoms with Gasteiger partial charge < -0.3 is 43.8 Å². The van der Waals surface area contributed by atoms with Crippen LogP contribution in [0, 0.1) is 15.5 Å². The van der Waals surface area contributed by atoms with Crippen LogP contribution in [0.25, 0.3) is 11.0 Å². The Labute approximate surface area is 420 Å². The molecule has 9 heterocycles. The summed E-state index contributed by atoms with van der Waals surface area (Å²) in [4.78, 5) is 42.5. The quantitative estimate of drug-likeness (QED) is 0.0897. The van der Waals surface area contributed by atoms with Crippen molar-refractivity contribution in [2.75, 3.05) is 81.0 Å². The maximum absolute atomic E-state index is 16.0. The number of morpholine rings is 1. The highest BCUT2D eigenvalue weighted by Crippen LogP contribution is 2.54. The molecule has 4 saturated heterocycles. The van der Waals surface area contributed by atoms with E-state index in [1.165, 1.54) is 10.4 Å². The Balaban J connectivity index is 0.841. The van der Waals surface area contributed by atoms with Crippen LogP contribution in [0.1, 0.15) is 91.6 Å². The number of hydrogen-bond donors (Lipinski definition) is 3. The summed E-state index contributed by atoms with van der Waals surface area (Å²) in [6.45, 7) is 9.44. The molecule has 7 aliphatic rings. The second kappa shape index (κ2) is 18.4. The number of sulfonamides is 1. The molecule has 3 N–H and O–H groups in total. The van der Waals surface area contributed by atoms with E-state index >= 15 is 4.39 Å². The molecular weight excluding hydrogens is 968 g/mol. The van der Waals surface area contributed by atoms with Crippen molar-refractivity contribution in [2.24, 2.45) is 5.41 Å². The van der Waals surface area contributed by atoms with E-state index in [2.05, 4.69) is 50.1 Å². The molecule has 1 aliphatic carbocycles. The number of nitro groups is 1. The molecule has 6 aliphatic heterocycles. The number of halogens is 1. The normalized spacial score (nSPS) is 25.1. The van der Waals surface area contributed by atoms with Gasteiger partial charge in [0, 0.05) is 92.6 Å². The van der Waals surface area contributed by atoms with Crippen molar-refractivity contribution in [3.05, 3.63) is 86.2 Å². The van der Waals surface area contributed by atoms with Gasteiger partial charge in [0.15, 0.2) is 11.4 Å². The number of carbonyl (C=O) groups excluding carboxylic acids is 1. The third-order valence-corrected chi connectivity index (χ3v) is 18.7.